The molecule has 1 aromatic carbocycles. The number of anilines is 1. The number of benzene rings is 1. The highest BCUT2D eigenvalue weighted by atomic mass is 79.9. The minimum absolute atomic E-state index is 0. The third-order valence-electron chi connectivity index (χ3n) is 3.60. The van der Waals surface area contributed by atoms with Gasteiger partial charge in [0, 0.05) is 36.3 Å². The van der Waals surface area contributed by atoms with Gasteiger partial charge in [-0.25, -0.2) is 0 Å². The molecule has 0 aromatic heterocycles. The lowest BCUT2D eigenvalue weighted by molar-refractivity contribution is -0.129. The predicted molar refractivity (Wildman–Crippen MR) is 94.6 cm³/mol. The van der Waals surface area contributed by atoms with Crippen LogP contribution in [-0.4, -0.2) is 37.1 Å². The van der Waals surface area contributed by atoms with Gasteiger partial charge in [0.15, 0.2) is 0 Å². The molecule has 1 fully saturated rings. The van der Waals surface area contributed by atoms with Gasteiger partial charge in [0.2, 0.25) is 11.8 Å². The van der Waals surface area contributed by atoms with E-state index < -0.39 is 5.54 Å². The molecule has 0 radical (unpaired) electrons. The van der Waals surface area contributed by atoms with Gasteiger partial charge in [0.25, 0.3) is 0 Å². The van der Waals surface area contributed by atoms with Crippen molar-refractivity contribution in [2.24, 2.45) is 5.73 Å². The second-order valence-electron chi connectivity index (χ2n) is 5.33. The zero-order valence-electron chi connectivity index (χ0n) is 12.6. The van der Waals surface area contributed by atoms with Crippen LogP contribution in [0.3, 0.4) is 0 Å². The van der Waals surface area contributed by atoms with Gasteiger partial charge < -0.3 is 21.1 Å². The Hall–Kier alpha value is -1.15. The number of ether oxygens (including phenoxy) is 1. The fraction of sp³-hybridized carbons (Fsp3) is 0.467. The molecular formula is C15H21BrClN3O3. The predicted octanol–water partition coefficient (Wildman–Crippen LogP) is 1.82. The van der Waals surface area contributed by atoms with E-state index in [4.69, 9.17) is 10.5 Å². The number of carbonyl (C=O) groups is 2. The molecule has 0 bridgehead atoms. The summed E-state index contributed by atoms with van der Waals surface area (Å²) in [5.41, 5.74) is 5.91. The van der Waals surface area contributed by atoms with E-state index >= 15 is 0 Å². The number of amides is 2. The first kappa shape index (κ1) is 19.9. The smallest absolute Gasteiger partial charge is 0.240 e. The first-order chi connectivity index (χ1) is 10.5. The highest BCUT2D eigenvalue weighted by Crippen LogP contribution is 2.17. The van der Waals surface area contributed by atoms with Crippen molar-refractivity contribution in [3.8, 4) is 0 Å². The fourth-order valence-corrected chi connectivity index (χ4v) is 2.45. The van der Waals surface area contributed by atoms with Gasteiger partial charge in [0.1, 0.15) is 0 Å². The van der Waals surface area contributed by atoms with Crippen LogP contribution in [-0.2, 0) is 14.3 Å². The lowest BCUT2D eigenvalue weighted by Crippen LogP contribution is -2.57. The molecule has 0 saturated carbocycles. The molecule has 1 heterocycles. The number of hydrogen-bond acceptors (Lipinski definition) is 4. The van der Waals surface area contributed by atoms with Crippen LogP contribution in [0.1, 0.15) is 19.3 Å². The number of carbonyl (C=O) groups excluding carboxylic acids is 2. The van der Waals surface area contributed by atoms with Crippen LogP contribution in [0.4, 0.5) is 5.69 Å². The van der Waals surface area contributed by atoms with Crippen LogP contribution >= 0.6 is 28.3 Å². The molecule has 0 atom stereocenters. The molecule has 1 aliphatic rings. The fourth-order valence-electron chi connectivity index (χ4n) is 2.19. The Morgan fingerprint density at radius 1 is 1.22 bits per heavy atom. The van der Waals surface area contributed by atoms with Gasteiger partial charge in [-0.15, -0.1) is 12.4 Å². The summed E-state index contributed by atoms with van der Waals surface area (Å²) in [6, 6.07) is 7.30. The van der Waals surface area contributed by atoms with E-state index in [0.717, 1.165) is 10.2 Å². The SMILES string of the molecule is Cl.NC1(C(=O)NCCC(=O)Nc2ccc(Br)cc2)CCOCC1. The number of nitrogens with one attached hydrogen (secondary N) is 2. The summed E-state index contributed by atoms with van der Waals surface area (Å²) < 4.78 is 6.15. The Morgan fingerprint density at radius 3 is 2.43 bits per heavy atom. The molecule has 128 valence electrons. The molecule has 1 aromatic rings. The monoisotopic (exact) mass is 405 g/mol. The van der Waals surface area contributed by atoms with Crippen molar-refractivity contribution in [2.45, 2.75) is 24.8 Å². The van der Waals surface area contributed by atoms with E-state index in [1.807, 2.05) is 12.1 Å². The Morgan fingerprint density at radius 2 is 1.83 bits per heavy atom. The topological polar surface area (TPSA) is 93.5 Å². The molecule has 0 aliphatic carbocycles. The average molecular weight is 407 g/mol. The van der Waals surface area contributed by atoms with Crippen LogP contribution in [0.25, 0.3) is 0 Å². The van der Waals surface area contributed by atoms with E-state index in [1.165, 1.54) is 0 Å². The lowest BCUT2D eigenvalue weighted by atomic mass is 9.90. The lowest BCUT2D eigenvalue weighted by Gasteiger charge is -2.31. The average Bonchev–Trinajstić information content (AvgIpc) is 2.50. The largest absolute Gasteiger partial charge is 0.381 e. The molecule has 4 N–H and O–H groups in total. The minimum atomic E-state index is -0.875. The van der Waals surface area contributed by atoms with Crippen LogP contribution in [0.15, 0.2) is 28.7 Å². The normalized spacial score (nSPS) is 16.1. The maximum Gasteiger partial charge on any atom is 0.240 e. The van der Waals surface area contributed by atoms with Crippen molar-refractivity contribution >= 4 is 45.8 Å². The molecule has 0 spiro atoms. The Bertz CT molecular complexity index is 533. The molecule has 6 nitrogen and oxygen atoms in total. The van der Waals surface area contributed by atoms with Crippen LogP contribution in [0, 0.1) is 0 Å². The summed E-state index contributed by atoms with van der Waals surface area (Å²) >= 11 is 3.33. The van der Waals surface area contributed by atoms with Crippen LogP contribution < -0.4 is 16.4 Å². The molecular weight excluding hydrogens is 386 g/mol. The summed E-state index contributed by atoms with van der Waals surface area (Å²) in [5.74, 6) is -0.368. The second-order valence-corrected chi connectivity index (χ2v) is 6.25. The first-order valence-corrected chi connectivity index (χ1v) is 7.99. The van der Waals surface area contributed by atoms with E-state index in [0.29, 0.717) is 26.1 Å². The van der Waals surface area contributed by atoms with Gasteiger partial charge in [-0.05, 0) is 37.1 Å². The summed E-state index contributed by atoms with van der Waals surface area (Å²) in [4.78, 5) is 23.9. The highest BCUT2D eigenvalue weighted by Gasteiger charge is 2.35. The first-order valence-electron chi connectivity index (χ1n) is 7.20. The Labute approximate surface area is 150 Å². The van der Waals surface area contributed by atoms with Gasteiger partial charge in [-0.2, -0.15) is 0 Å². The Kier molecular flexibility index (Phi) is 7.98. The number of hydrogen-bond donors (Lipinski definition) is 3. The molecule has 8 heteroatoms. The van der Waals surface area contributed by atoms with Gasteiger partial charge in [-0.3, -0.25) is 9.59 Å². The molecule has 23 heavy (non-hydrogen) atoms. The van der Waals surface area contributed by atoms with Crippen LogP contribution in [0.5, 0.6) is 0 Å². The quantitative estimate of drug-likeness (QED) is 0.695. The highest BCUT2D eigenvalue weighted by molar-refractivity contribution is 9.10. The van der Waals surface area contributed by atoms with E-state index in [1.54, 1.807) is 12.1 Å². The molecule has 2 rings (SSSR count). The van der Waals surface area contributed by atoms with Crippen molar-refractivity contribution in [2.75, 3.05) is 25.1 Å². The summed E-state index contributed by atoms with van der Waals surface area (Å²) in [5, 5.41) is 5.50. The molecule has 1 saturated heterocycles. The standard InChI is InChI=1S/C15H20BrN3O3.ClH/c16-11-1-3-12(4-2-11)19-13(20)5-8-18-14(21)15(17)6-9-22-10-7-15;/h1-4H,5-10,17H2,(H,18,21)(H,19,20);1H. The zero-order chi connectivity index (χ0) is 16.0. The number of halogens is 2. The van der Waals surface area contributed by atoms with Gasteiger partial charge >= 0.3 is 0 Å². The second kappa shape index (κ2) is 9.22. The van der Waals surface area contributed by atoms with Crippen molar-refractivity contribution in [3.05, 3.63) is 28.7 Å². The van der Waals surface area contributed by atoms with Gasteiger partial charge in [-0.1, -0.05) is 15.9 Å². The molecule has 2 amide bonds. The third kappa shape index (κ3) is 6.10. The summed E-state index contributed by atoms with van der Waals surface area (Å²) in [7, 11) is 0. The molecule has 1 aliphatic heterocycles. The van der Waals surface area contributed by atoms with Gasteiger partial charge in [0.05, 0.1) is 5.54 Å². The maximum atomic E-state index is 12.1. The van der Waals surface area contributed by atoms with Crippen molar-refractivity contribution in [3.63, 3.8) is 0 Å². The van der Waals surface area contributed by atoms with Crippen molar-refractivity contribution in [1.82, 2.24) is 5.32 Å². The van der Waals surface area contributed by atoms with Crippen molar-refractivity contribution < 1.29 is 14.3 Å². The number of rotatable bonds is 5. The van der Waals surface area contributed by atoms with E-state index in [-0.39, 0.29) is 37.2 Å². The van der Waals surface area contributed by atoms with Crippen molar-refractivity contribution in [1.29, 1.82) is 0 Å². The summed E-state index contributed by atoms with van der Waals surface area (Å²) in [6.07, 6.45) is 1.21. The summed E-state index contributed by atoms with van der Waals surface area (Å²) in [6.45, 7) is 1.25. The number of nitrogens with two attached hydrogens (primary N) is 1. The minimum Gasteiger partial charge on any atom is -0.381 e. The Balaban J connectivity index is 0.00000264. The van der Waals surface area contributed by atoms with E-state index in [9.17, 15) is 9.59 Å². The third-order valence-corrected chi connectivity index (χ3v) is 4.13. The van der Waals surface area contributed by atoms with E-state index in [2.05, 4.69) is 26.6 Å². The molecule has 0 unspecified atom stereocenters. The maximum absolute atomic E-state index is 12.1. The van der Waals surface area contributed by atoms with Crippen LogP contribution in [0.2, 0.25) is 0 Å². The zero-order valence-corrected chi connectivity index (χ0v) is 15.0.